The largest absolute Gasteiger partial charge is 0.464 e. The molecule has 0 atom stereocenters. The Hall–Kier alpha value is -2.03. The number of nitrogens with zero attached hydrogens (tertiary/aromatic N) is 2. The van der Waals surface area contributed by atoms with E-state index < -0.39 is 17.7 Å². The molecule has 0 unspecified atom stereocenters. The summed E-state index contributed by atoms with van der Waals surface area (Å²) >= 11 is 3.28. The van der Waals surface area contributed by atoms with Gasteiger partial charge in [-0.15, -0.1) is 0 Å². The van der Waals surface area contributed by atoms with Gasteiger partial charge in [-0.2, -0.15) is 0 Å². The van der Waals surface area contributed by atoms with Gasteiger partial charge >= 0.3 is 12.1 Å². The number of aromatic nitrogens is 1. The molecule has 25 heavy (non-hydrogen) atoms. The molecule has 0 aliphatic heterocycles. The van der Waals surface area contributed by atoms with Crippen molar-refractivity contribution in [1.29, 1.82) is 0 Å². The maximum absolute atomic E-state index is 11.8. The molecule has 0 saturated carbocycles. The Kier molecular flexibility index (Phi) is 7.95. The Morgan fingerprint density at radius 2 is 2.08 bits per heavy atom. The molecule has 0 fully saturated rings. The van der Waals surface area contributed by atoms with Gasteiger partial charge in [-0.05, 0) is 42.8 Å². The lowest BCUT2D eigenvalue weighted by molar-refractivity contribution is -0.143. The molecule has 1 amide bonds. The number of ether oxygens (including phenoxy) is 2. The van der Waals surface area contributed by atoms with Crippen LogP contribution in [0.25, 0.3) is 0 Å². The first-order valence-corrected chi connectivity index (χ1v) is 8.62. The van der Waals surface area contributed by atoms with Crippen LogP contribution < -0.4 is 11.1 Å². The van der Waals surface area contributed by atoms with Crippen molar-refractivity contribution in [2.45, 2.75) is 32.8 Å². The van der Waals surface area contributed by atoms with Gasteiger partial charge in [0.1, 0.15) is 18.0 Å². The third kappa shape index (κ3) is 8.57. The summed E-state index contributed by atoms with van der Waals surface area (Å²) in [7, 11) is 1.57. The summed E-state index contributed by atoms with van der Waals surface area (Å²) in [5, 5.41) is 2.99. The average Bonchev–Trinajstić information content (AvgIpc) is 2.49. The maximum Gasteiger partial charge on any atom is 0.410 e. The predicted molar refractivity (Wildman–Crippen MR) is 99.3 cm³/mol. The highest BCUT2D eigenvalue weighted by Gasteiger charge is 2.20. The minimum atomic E-state index is -0.569. The van der Waals surface area contributed by atoms with E-state index in [9.17, 15) is 9.59 Å². The SMILES string of the molecule is CN(CCC(=O)OCCNc1ncc(Br)cc1N)C(=O)OC(C)(C)C. The number of esters is 1. The molecule has 1 heterocycles. The van der Waals surface area contributed by atoms with Gasteiger partial charge in [0.25, 0.3) is 0 Å². The Morgan fingerprint density at radius 1 is 1.40 bits per heavy atom. The van der Waals surface area contributed by atoms with Crippen LogP contribution in [-0.2, 0) is 14.3 Å². The maximum atomic E-state index is 11.8. The van der Waals surface area contributed by atoms with Crippen LogP contribution in [0, 0.1) is 0 Å². The fourth-order valence-corrected chi connectivity index (χ4v) is 2.05. The molecular formula is C16H25BrN4O4. The van der Waals surface area contributed by atoms with E-state index in [2.05, 4.69) is 26.2 Å². The minimum absolute atomic E-state index is 0.0917. The normalized spacial score (nSPS) is 10.9. The highest BCUT2D eigenvalue weighted by Crippen LogP contribution is 2.19. The molecule has 140 valence electrons. The van der Waals surface area contributed by atoms with Crippen molar-refractivity contribution in [3.05, 3.63) is 16.7 Å². The molecule has 0 spiro atoms. The quantitative estimate of drug-likeness (QED) is 0.519. The number of carbonyl (C=O) groups excluding carboxylic acids is 2. The number of nitrogens with one attached hydrogen (secondary N) is 1. The van der Waals surface area contributed by atoms with E-state index in [4.69, 9.17) is 15.2 Å². The van der Waals surface area contributed by atoms with Crippen molar-refractivity contribution in [3.63, 3.8) is 0 Å². The van der Waals surface area contributed by atoms with Gasteiger partial charge in [-0.3, -0.25) is 4.79 Å². The van der Waals surface area contributed by atoms with Crippen LogP contribution in [0.4, 0.5) is 16.3 Å². The van der Waals surface area contributed by atoms with Crippen LogP contribution in [0.1, 0.15) is 27.2 Å². The molecule has 1 aromatic rings. The third-order valence-corrected chi connectivity index (χ3v) is 3.33. The van der Waals surface area contributed by atoms with Gasteiger partial charge in [0.15, 0.2) is 0 Å². The van der Waals surface area contributed by atoms with Crippen molar-refractivity contribution in [2.75, 3.05) is 37.8 Å². The number of carbonyl (C=O) groups is 2. The van der Waals surface area contributed by atoms with Crippen molar-refractivity contribution in [3.8, 4) is 0 Å². The van der Waals surface area contributed by atoms with E-state index in [0.29, 0.717) is 18.1 Å². The van der Waals surface area contributed by atoms with E-state index >= 15 is 0 Å². The lowest BCUT2D eigenvalue weighted by Crippen LogP contribution is -2.35. The number of hydrogen-bond acceptors (Lipinski definition) is 7. The molecule has 0 saturated heterocycles. The molecule has 1 rings (SSSR count). The second-order valence-electron chi connectivity index (χ2n) is 6.39. The first-order chi connectivity index (χ1) is 11.6. The molecule has 1 aromatic heterocycles. The van der Waals surface area contributed by atoms with E-state index in [1.165, 1.54) is 4.90 Å². The van der Waals surface area contributed by atoms with Crippen LogP contribution in [0.3, 0.4) is 0 Å². The monoisotopic (exact) mass is 416 g/mol. The lowest BCUT2D eigenvalue weighted by Gasteiger charge is -2.24. The summed E-state index contributed by atoms with van der Waals surface area (Å²) in [4.78, 5) is 28.9. The average molecular weight is 417 g/mol. The van der Waals surface area contributed by atoms with Crippen LogP contribution >= 0.6 is 15.9 Å². The summed E-state index contributed by atoms with van der Waals surface area (Å²) in [5.41, 5.74) is 5.74. The molecule has 8 nitrogen and oxygen atoms in total. The number of nitrogen functional groups attached to an aromatic ring is 1. The van der Waals surface area contributed by atoms with Crippen molar-refractivity contribution in [1.82, 2.24) is 9.88 Å². The van der Waals surface area contributed by atoms with Gasteiger partial charge < -0.3 is 25.4 Å². The summed E-state index contributed by atoms with van der Waals surface area (Å²) in [6, 6.07) is 1.73. The number of halogens is 1. The zero-order chi connectivity index (χ0) is 19.0. The second-order valence-corrected chi connectivity index (χ2v) is 7.31. The van der Waals surface area contributed by atoms with E-state index in [0.717, 1.165) is 4.47 Å². The Labute approximate surface area is 156 Å². The zero-order valence-electron chi connectivity index (χ0n) is 15.0. The van der Waals surface area contributed by atoms with Crippen molar-refractivity contribution in [2.24, 2.45) is 0 Å². The van der Waals surface area contributed by atoms with Crippen LogP contribution in [0.2, 0.25) is 0 Å². The Balaban J connectivity index is 2.23. The fourth-order valence-electron chi connectivity index (χ4n) is 1.70. The van der Waals surface area contributed by atoms with Gasteiger partial charge in [0.2, 0.25) is 0 Å². The van der Waals surface area contributed by atoms with Gasteiger partial charge in [0.05, 0.1) is 18.7 Å². The summed E-state index contributed by atoms with van der Waals surface area (Å²) in [6.45, 7) is 6.13. The van der Waals surface area contributed by atoms with Crippen molar-refractivity contribution >= 4 is 39.5 Å². The Bertz CT molecular complexity index is 604. The molecule has 0 radical (unpaired) electrons. The Morgan fingerprint density at radius 3 is 2.68 bits per heavy atom. The molecular weight excluding hydrogens is 392 g/mol. The van der Waals surface area contributed by atoms with Crippen LogP contribution in [0.5, 0.6) is 0 Å². The first-order valence-electron chi connectivity index (χ1n) is 7.83. The minimum Gasteiger partial charge on any atom is -0.464 e. The predicted octanol–water partition coefficient (Wildman–Crippen LogP) is 2.64. The topological polar surface area (TPSA) is 107 Å². The van der Waals surface area contributed by atoms with Crippen LogP contribution in [0.15, 0.2) is 16.7 Å². The molecule has 3 N–H and O–H groups in total. The van der Waals surface area contributed by atoms with E-state index in [1.807, 2.05) is 0 Å². The van der Waals surface area contributed by atoms with E-state index in [1.54, 1.807) is 40.1 Å². The zero-order valence-corrected chi connectivity index (χ0v) is 16.6. The molecule has 0 bridgehead atoms. The number of hydrogen-bond donors (Lipinski definition) is 2. The highest BCUT2D eigenvalue weighted by atomic mass is 79.9. The number of nitrogens with two attached hydrogens (primary N) is 1. The van der Waals surface area contributed by atoms with Gasteiger partial charge in [-0.25, -0.2) is 9.78 Å². The number of pyridine rings is 1. The summed E-state index contributed by atoms with van der Waals surface area (Å²) < 4.78 is 11.1. The second kappa shape index (κ2) is 9.45. The molecule has 9 heteroatoms. The van der Waals surface area contributed by atoms with Crippen LogP contribution in [-0.4, -0.2) is 54.3 Å². The summed E-state index contributed by atoms with van der Waals surface area (Å²) in [5.74, 6) is 0.137. The smallest absolute Gasteiger partial charge is 0.410 e. The molecule has 0 aliphatic rings. The first kappa shape index (κ1) is 21.0. The third-order valence-electron chi connectivity index (χ3n) is 2.90. The molecule has 0 aliphatic carbocycles. The lowest BCUT2D eigenvalue weighted by atomic mass is 10.2. The summed E-state index contributed by atoms with van der Waals surface area (Å²) in [6.07, 6.45) is 1.24. The fraction of sp³-hybridized carbons (Fsp3) is 0.562. The van der Waals surface area contributed by atoms with Gasteiger partial charge in [-0.1, -0.05) is 0 Å². The number of rotatable bonds is 7. The standard InChI is InChI=1S/C16H25BrN4O4/c1-16(2,3)25-15(23)21(4)7-5-13(22)24-8-6-19-14-12(18)9-11(17)10-20-14/h9-10H,5-8,18H2,1-4H3,(H,19,20). The van der Waals surface area contributed by atoms with E-state index in [-0.39, 0.29) is 19.6 Å². The number of amides is 1. The number of anilines is 2. The highest BCUT2D eigenvalue weighted by molar-refractivity contribution is 9.10. The van der Waals surface area contributed by atoms with Gasteiger partial charge in [0, 0.05) is 24.3 Å². The molecule has 0 aromatic carbocycles. The van der Waals surface area contributed by atoms with Crippen molar-refractivity contribution < 1.29 is 19.1 Å².